The summed E-state index contributed by atoms with van der Waals surface area (Å²) >= 11 is 0. The number of rotatable bonds is 4. The minimum absolute atomic E-state index is 0.207. The number of benzene rings is 2. The maximum absolute atomic E-state index is 12.6. The van der Waals surface area contributed by atoms with E-state index >= 15 is 0 Å². The molecule has 0 aliphatic heterocycles. The molecule has 1 atom stereocenters. The van der Waals surface area contributed by atoms with Crippen LogP contribution >= 0.6 is 0 Å². The van der Waals surface area contributed by atoms with E-state index < -0.39 is 17.8 Å². The van der Waals surface area contributed by atoms with Crippen LogP contribution in [0, 0.1) is 6.92 Å². The molecular weight excluding hydrogens is 277 g/mol. The third-order valence-corrected chi connectivity index (χ3v) is 3.44. The van der Waals surface area contributed by atoms with E-state index in [1.165, 1.54) is 6.07 Å². The molecule has 2 aromatic carbocycles. The van der Waals surface area contributed by atoms with Gasteiger partial charge in [0.1, 0.15) is 0 Å². The predicted molar refractivity (Wildman–Crippen MR) is 76.0 cm³/mol. The fourth-order valence-corrected chi connectivity index (χ4v) is 2.31. The SMILES string of the molecule is Cc1ccccc1CC(O)Cc1cccc(C(F)(F)F)c1. The van der Waals surface area contributed by atoms with Gasteiger partial charge in [-0.2, -0.15) is 13.2 Å². The Kier molecular flexibility index (Phi) is 4.68. The Morgan fingerprint density at radius 3 is 2.38 bits per heavy atom. The number of hydrogen-bond donors (Lipinski definition) is 1. The zero-order valence-corrected chi connectivity index (χ0v) is 11.7. The van der Waals surface area contributed by atoms with Gasteiger partial charge in [0.2, 0.25) is 0 Å². The quantitative estimate of drug-likeness (QED) is 0.897. The largest absolute Gasteiger partial charge is 0.416 e. The number of aliphatic hydroxyl groups excluding tert-OH is 1. The van der Waals surface area contributed by atoms with E-state index in [2.05, 4.69) is 0 Å². The average Bonchev–Trinajstić information content (AvgIpc) is 2.41. The molecule has 0 radical (unpaired) electrons. The minimum atomic E-state index is -4.35. The summed E-state index contributed by atoms with van der Waals surface area (Å²) in [6, 6.07) is 12.8. The van der Waals surface area contributed by atoms with Crippen LogP contribution in [0.1, 0.15) is 22.3 Å². The summed E-state index contributed by atoms with van der Waals surface area (Å²) in [6.45, 7) is 1.95. The Balaban J connectivity index is 2.06. The molecule has 0 amide bonds. The Morgan fingerprint density at radius 2 is 1.71 bits per heavy atom. The number of aliphatic hydroxyl groups is 1. The molecule has 0 saturated carbocycles. The van der Waals surface area contributed by atoms with Crippen molar-refractivity contribution in [2.45, 2.75) is 32.0 Å². The Morgan fingerprint density at radius 1 is 1.00 bits per heavy atom. The monoisotopic (exact) mass is 294 g/mol. The fourth-order valence-electron chi connectivity index (χ4n) is 2.31. The molecule has 112 valence electrons. The summed E-state index contributed by atoms with van der Waals surface area (Å²) < 4.78 is 37.9. The van der Waals surface area contributed by atoms with E-state index in [1.54, 1.807) is 6.07 Å². The summed E-state index contributed by atoms with van der Waals surface area (Å²) in [5.41, 5.74) is 1.89. The van der Waals surface area contributed by atoms with Gasteiger partial charge in [-0.1, -0.05) is 42.5 Å². The lowest BCUT2D eigenvalue weighted by Gasteiger charge is -2.14. The lowest BCUT2D eigenvalue weighted by Crippen LogP contribution is -2.15. The van der Waals surface area contributed by atoms with E-state index in [0.29, 0.717) is 12.0 Å². The summed E-state index contributed by atoms with van der Waals surface area (Å²) in [4.78, 5) is 0. The number of halogens is 3. The Labute approximate surface area is 122 Å². The molecule has 4 heteroatoms. The highest BCUT2D eigenvalue weighted by molar-refractivity contribution is 5.28. The van der Waals surface area contributed by atoms with Gasteiger partial charge < -0.3 is 5.11 Å². The molecule has 0 aliphatic carbocycles. The van der Waals surface area contributed by atoms with E-state index in [1.807, 2.05) is 31.2 Å². The molecule has 0 spiro atoms. The van der Waals surface area contributed by atoms with Crippen LogP contribution in [0.4, 0.5) is 13.2 Å². The number of alkyl halides is 3. The Bertz CT molecular complexity index is 605. The summed E-state index contributed by atoms with van der Waals surface area (Å²) in [6.07, 6.45) is -4.41. The smallest absolute Gasteiger partial charge is 0.392 e. The van der Waals surface area contributed by atoms with Crippen molar-refractivity contribution in [1.29, 1.82) is 0 Å². The summed E-state index contributed by atoms with van der Waals surface area (Å²) in [5, 5.41) is 10.1. The molecule has 1 nitrogen and oxygen atoms in total. The average molecular weight is 294 g/mol. The van der Waals surface area contributed by atoms with Crippen molar-refractivity contribution in [3.05, 3.63) is 70.8 Å². The normalized spacial score (nSPS) is 13.2. The van der Waals surface area contributed by atoms with Crippen molar-refractivity contribution in [3.8, 4) is 0 Å². The van der Waals surface area contributed by atoms with Crippen molar-refractivity contribution in [2.24, 2.45) is 0 Å². The van der Waals surface area contributed by atoms with Crippen LogP contribution in [-0.2, 0) is 19.0 Å². The first-order valence-electron chi connectivity index (χ1n) is 6.75. The topological polar surface area (TPSA) is 20.2 Å². The predicted octanol–water partition coefficient (Wildman–Crippen LogP) is 4.16. The number of hydrogen-bond acceptors (Lipinski definition) is 1. The van der Waals surface area contributed by atoms with Crippen molar-refractivity contribution < 1.29 is 18.3 Å². The van der Waals surface area contributed by atoms with Crippen molar-refractivity contribution in [1.82, 2.24) is 0 Å². The second kappa shape index (κ2) is 6.31. The van der Waals surface area contributed by atoms with Crippen LogP contribution in [0.25, 0.3) is 0 Å². The van der Waals surface area contributed by atoms with Crippen LogP contribution in [0.3, 0.4) is 0 Å². The first kappa shape index (κ1) is 15.6. The number of aryl methyl sites for hydroxylation is 1. The van der Waals surface area contributed by atoms with Gasteiger partial charge in [-0.25, -0.2) is 0 Å². The van der Waals surface area contributed by atoms with Gasteiger partial charge in [-0.3, -0.25) is 0 Å². The molecule has 0 aromatic heterocycles. The highest BCUT2D eigenvalue weighted by Gasteiger charge is 2.30. The Hall–Kier alpha value is -1.81. The van der Waals surface area contributed by atoms with Gasteiger partial charge in [-0.15, -0.1) is 0 Å². The van der Waals surface area contributed by atoms with Gasteiger partial charge in [0.25, 0.3) is 0 Å². The van der Waals surface area contributed by atoms with Gasteiger partial charge in [0.15, 0.2) is 0 Å². The first-order valence-corrected chi connectivity index (χ1v) is 6.75. The lowest BCUT2D eigenvalue weighted by atomic mass is 9.97. The molecule has 0 aliphatic rings. The van der Waals surface area contributed by atoms with Crippen LogP contribution in [-0.4, -0.2) is 11.2 Å². The lowest BCUT2D eigenvalue weighted by molar-refractivity contribution is -0.137. The molecule has 0 fully saturated rings. The molecule has 2 aromatic rings. The highest BCUT2D eigenvalue weighted by Crippen LogP contribution is 2.29. The van der Waals surface area contributed by atoms with Crippen molar-refractivity contribution in [3.63, 3.8) is 0 Å². The molecule has 0 heterocycles. The summed E-state index contributed by atoms with van der Waals surface area (Å²) in [7, 11) is 0. The van der Waals surface area contributed by atoms with E-state index in [4.69, 9.17) is 0 Å². The van der Waals surface area contributed by atoms with Crippen LogP contribution in [0.2, 0.25) is 0 Å². The molecule has 0 saturated heterocycles. The van der Waals surface area contributed by atoms with Gasteiger partial charge in [0.05, 0.1) is 11.7 Å². The van der Waals surface area contributed by atoms with Crippen LogP contribution < -0.4 is 0 Å². The van der Waals surface area contributed by atoms with Gasteiger partial charge in [-0.05, 0) is 42.5 Å². The first-order chi connectivity index (χ1) is 9.86. The second-order valence-electron chi connectivity index (χ2n) is 5.19. The fraction of sp³-hybridized carbons (Fsp3) is 0.294. The molecule has 1 N–H and O–H groups in total. The standard InChI is InChI=1S/C17H17F3O/c1-12-5-2-3-7-14(12)11-16(21)10-13-6-4-8-15(9-13)17(18,19)20/h2-9,16,21H,10-11H2,1H3. The zero-order valence-electron chi connectivity index (χ0n) is 11.7. The maximum Gasteiger partial charge on any atom is 0.416 e. The molecule has 1 unspecified atom stereocenters. The minimum Gasteiger partial charge on any atom is -0.392 e. The molecule has 2 rings (SSSR count). The second-order valence-corrected chi connectivity index (χ2v) is 5.19. The molecular formula is C17H17F3O. The zero-order chi connectivity index (χ0) is 15.5. The maximum atomic E-state index is 12.6. The van der Waals surface area contributed by atoms with Crippen molar-refractivity contribution >= 4 is 0 Å². The van der Waals surface area contributed by atoms with Gasteiger partial charge in [0, 0.05) is 0 Å². The van der Waals surface area contributed by atoms with E-state index in [0.717, 1.165) is 23.3 Å². The van der Waals surface area contributed by atoms with E-state index in [-0.39, 0.29) is 6.42 Å². The van der Waals surface area contributed by atoms with Crippen LogP contribution in [0.15, 0.2) is 48.5 Å². The van der Waals surface area contributed by atoms with Crippen LogP contribution in [0.5, 0.6) is 0 Å². The van der Waals surface area contributed by atoms with E-state index in [9.17, 15) is 18.3 Å². The van der Waals surface area contributed by atoms with Crippen molar-refractivity contribution in [2.75, 3.05) is 0 Å². The third-order valence-electron chi connectivity index (χ3n) is 3.44. The third kappa shape index (κ3) is 4.33. The molecule has 0 bridgehead atoms. The van der Waals surface area contributed by atoms with Gasteiger partial charge >= 0.3 is 6.18 Å². The summed E-state index contributed by atoms with van der Waals surface area (Å²) in [5.74, 6) is 0. The highest BCUT2D eigenvalue weighted by atomic mass is 19.4. The molecule has 21 heavy (non-hydrogen) atoms.